The Bertz CT molecular complexity index is 1170. The fourth-order valence-corrected chi connectivity index (χ4v) is 3.08. The second-order valence-electron chi connectivity index (χ2n) is 6.28. The third kappa shape index (κ3) is 3.80. The molecule has 0 aromatic heterocycles. The maximum Gasteiger partial charge on any atom is 0.408 e. The molecule has 3 aromatic rings. The second kappa shape index (κ2) is 7.87. The molecular formula is C23H15NO5. The number of esters is 2. The van der Waals surface area contributed by atoms with Gasteiger partial charge in [0.2, 0.25) is 0 Å². The van der Waals surface area contributed by atoms with E-state index in [2.05, 4.69) is 17.2 Å². The van der Waals surface area contributed by atoms with Crippen molar-refractivity contribution < 1.29 is 23.9 Å². The summed E-state index contributed by atoms with van der Waals surface area (Å²) in [7, 11) is 0. The predicted molar refractivity (Wildman–Crippen MR) is 105 cm³/mol. The molecule has 0 atom stereocenters. The van der Waals surface area contributed by atoms with E-state index in [0.29, 0.717) is 27.5 Å². The summed E-state index contributed by atoms with van der Waals surface area (Å²) in [6.45, 7) is 0.274. The van der Waals surface area contributed by atoms with Crippen LogP contribution in [0.3, 0.4) is 0 Å². The van der Waals surface area contributed by atoms with Gasteiger partial charge in [0.15, 0.2) is 0 Å². The molecule has 6 nitrogen and oxygen atoms in total. The molecule has 0 spiro atoms. The van der Waals surface area contributed by atoms with Gasteiger partial charge >= 0.3 is 18.0 Å². The molecule has 6 heteroatoms. The Kier molecular flexibility index (Phi) is 4.95. The van der Waals surface area contributed by atoms with Crippen LogP contribution < -0.4 is 5.32 Å². The third-order valence-electron chi connectivity index (χ3n) is 4.42. The van der Waals surface area contributed by atoms with Crippen LogP contribution in [0.25, 0.3) is 10.8 Å². The van der Waals surface area contributed by atoms with E-state index in [1.807, 2.05) is 30.3 Å². The van der Waals surface area contributed by atoms with Crippen molar-refractivity contribution in [1.82, 2.24) is 5.32 Å². The van der Waals surface area contributed by atoms with Gasteiger partial charge in [0.25, 0.3) is 0 Å². The van der Waals surface area contributed by atoms with Crippen molar-refractivity contribution in [2.75, 3.05) is 6.54 Å². The molecule has 29 heavy (non-hydrogen) atoms. The summed E-state index contributed by atoms with van der Waals surface area (Å²) in [4.78, 5) is 35.7. The van der Waals surface area contributed by atoms with E-state index in [1.54, 1.807) is 30.3 Å². The third-order valence-corrected chi connectivity index (χ3v) is 4.42. The van der Waals surface area contributed by atoms with E-state index in [0.717, 1.165) is 5.56 Å². The molecule has 0 bridgehead atoms. The van der Waals surface area contributed by atoms with Gasteiger partial charge < -0.3 is 14.8 Å². The van der Waals surface area contributed by atoms with Crippen LogP contribution in [0.5, 0.6) is 0 Å². The summed E-state index contributed by atoms with van der Waals surface area (Å²) in [6, 6.07) is 17.8. The van der Waals surface area contributed by atoms with Gasteiger partial charge in [0.05, 0.1) is 17.7 Å². The number of alkyl carbamates (subject to hydrolysis) is 1. The molecule has 0 aliphatic carbocycles. The van der Waals surface area contributed by atoms with Crippen LogP contribution in [0.1, 0.15) is 31.8 Å². The summed E-state index contributed by atoms with van der Waals surface area (Å²) >= 11 is 0. The average molecular weight is 385 g/mol. The number of cyclic esters (lactones) is 2. The van der Waals surface area contributed by atoms with Gasteiger partial charge in [0, 0.05) is 10.9 Å². The number of hydrogen-bond acceptors (Lipinski definition) is 5. The molecule has 142 valence electrons. The van der Waals surface area contributed by atoms with Crippen LogP contribution in [-0.4, -0.2) is 24.6 Å². The molecule has 3 aromatic carbocycles. The highest BCUT2D eigenvalue weighted by molar-refractivity contribution is 6.21. The van der Waals surface area contributed by atoms with E-state index in [9.17, 15) is 14.4 Å². The van der Waals surface area contributed by atoms with E-state index in [1.165, 1.54) is 0 Å². The molecular weight excluding hydrogens is 370 g/mol. The smallest absolute Gasteiger partial charge is 0.408 e. The summed E-state index contributed by atoms with van der Waals surface area (Å²) in [6.07, 6.45) is -0.562. The Balaban J connectivity index is 1.45. The van der Waals surface area contributed by atoms with Crippen molar-refractivity contribution in [1.29, 1.82) is 0 Å². The van der Waals surface area contributed by atoms with E-state index in [4.69, 9.17) is 9.47 Å². The predicted octanol–water partition coefficient (Wildman–Crippen LogP) is 3.43. The molecule has 0 fully saturated rings. The highest BCUT2D eigenvalue weighted by Gasteiger charge is 2.27. The lowest BCUT2D eigenvalue weighted by Gasteiger charge is -2.15. The van der Waals surface area contributed by atoms with Crippen molar-refractivity contribution >= 4 is 28.8 Å². The number of nitrogens with one attached hydrogen (secondary N) is 1. The van der Waals surface area contributed by atoms with Crippen molar-refractivity contribution in [3.05, 3.63) is 82.9 Å². The van der Waals surface area contributed by atoms with Crippen molar-refractivity contribution in [3.63, 3.8) is 0 Å². The number of hydrogen-bond donors (Lipinski definition) is 1. The van der Waals surface area contributed by atoms with Gasteiger partial charge in [-0.1, -0.05) is 54.3 Å². The Hall–Kier alpha value is -4.11. The second-order valence-corrected chi connectivity index (χ2v) is 6.28. The monoisotopic (exact) mass is 385 g/mol. The number of amides is 1. The van der Waals surface area contributed by atoms with Gasteiger partial charge in [-0.2, -0.15) is 0 Å². The zero-order valence-corrected chi connectivity index (χ0v) is 15.2. The Morgan fingerprint density at radius 3 is 2.48 bits per heavy atom. The van der Waals surface area contributed by atoms with Crippen LogP contribution in [0, 0.1) is 11.8 Å². The topological polar surface area (TPSA) is 81.7 Å². The average Bonchev–Trinajstić information content (AvgIpc) is 2.74. The van der Waals surface area contributed by atoms with Crippen LogP contribution >= 0.6 is 0 Å². The first kappa shape index (κ1) is 18.3. The van der Waals surface area contributed by atoms with Gasteiger partial charge in [-0.3, -0.25) is 0 Å². The van der Waals surface area contributed by atoms with Gasteiger partial charge in [-0.25, -0.2) is 14.4 Å². The number of ether oxygens (including phenoxy) is 2. The first-order valence-corrected chi connectivity index (χ1v) is 8.89. The zero-order chi connectivity index (χ0) is 20.2. The van der Waals surface area contributed by atoms with Crippen molar-refractivity contribution in [2.24, 2.45) is 0 Å². The highest BCUT2D eigenvalue weighted by Crippen LogP contribution is 2.30. The normalized spacial score (nSPS) is 12.0. The number of benzene rings is 3. The molecule has 0 unspecified atom stereocenters. The van der Waals surface area contributed by atoms with Crippen LogP contribution in [0.2, 0.25) is 0 Å². The van der Waals surface area contributed by atoms with Gasteiger partial charge in [-0.15, -0.1) is 0 Å². The van der Waals surface area contributed by atoms with Gasteiger partial charge in [-0.05, 0) is 29.1 Å². The summed E-state index contributed by atoms with van der Waals surface area (Å²) in [5, 5.41) is 3.79. The van der Waals surface area contributed by atoms with E-state index >= 15 is 0 Å². The Labute approximate surface area is 166 Å². The molecule has 4 rings (SSSR count). The summed E-state index contributed by atoms with van der Waals surface area (Å²) < 4.78 is 9.87. The molecule has 1 aliphatic rings. The standard InChI is InChI=1S/C23H15NO5/c25-21-18-10-4-9-17-16(11-12-19(20(17)18)22(26)29-21)8-5-13-24-23(27)28-14-15-6-2-1-3-7-15/h1-4,6-7,9-12H,13-14H2,(H,24,27). The fourth-order valence-electron chi connectivity index (χ4n) is 3.08. The maximum absolute atomic E-state index is 12.0. The number of rotatable bonds is 3. The van der Waals surface area contributed by atoms with Crippen LogP contribution in [-0.2, 0) is 16.1 Å². The van der Waals surface area contributed by atoms with Crippen molar-refractivity contribution in [3.8, 4) is 11.8 Å². The minimum absolute atomic E-state index is 0.0948. The summed E-state index contributed by atoms with van der Waals surface area (Å²) in [5.74, 6) is 4.49. The van der Waals surface area contributed by atoms with Gasteiger partial charge in [0.1, 0.15) is 6.61 Å². The molecule has 0 saturated carbocycles. The molecule has 0 saturated heterocycles. The first-order valence-electron chi connectivity index (χ1n) is 8.89. The molecule has 1 amide bonds. The molecule has 1 heterocycles. The number of carbonyl (C=O) groups is 3. The zero-order valence-electron chi connectivity index (χ0n) is 15.2. The number of carbonyl (C=O) groups excluding carboxylic acids is 3. The van der Waals surface area contributed by atoms with Crippen LogP contribution in [0.15, 0.2) is 60.7 Å². The largest absolute Gasteiger partial charge is 0.445 e. The minimum Gasteiger partial charge on any atom is -0.445 e. The van der Waals surface area contributed by atoms with Crippen molar-refractivity contribution in [2.45, 2.75) is 6.61 Å². The first-order chi connectivity index (χ1) is 14.1. The van der Waals surface area contributed by atoms with Crippen LogP contribution in [0.4, 0.5) is 4.79 Å². The molecule has 0 radical (unpaired) electrons. The highest BCUT2D eigenvalue weighted by atomic mass is 16.6. The lowest BCUT2D eigenvalue weighted by Crippen LogP contribution is -2.24. The molecule has 1 N–H and O–H groups in total. The minimum atomic E-state index is -0.666. The molecule has 1 aliphatic heterocycles. The maximum atomic E-state index is 12.0. The van der Waals surface area contributed by atoms with E-state index < -0.39 is 18.0 Å². The van der Waals surface area contributed by atoms with E-state index in [-0.39, 0.29) is 13.2 Å². The lowest BCUT2D eigenvalue weighted by atomic mass is 9.94. The summed E-state index contributed by atoms with van der Waals surface area (Å²) in [5.41, 5.74) is 2.21. The Morgan fingerprint density at radius 2 is 1.69 bits per heavy atom. The Morgan fingerprint density at radius 1 is 0.931 bits per heavy atom. The SMILES string of the molecule is O=C(NCC#Cc1ccc2c3c(cccc13)C(=O)OC2=O)OCc1ccccc1. The lowest BCUT2D eigenvalue weighted by molar-refractivity contribution is 0.0391. The fraction of sp³-hybridized carbons (Fsp3) is 0.0870. The quantitative estimate of drug-likeness (QED) is 0.424.